The van der Waals surface area contributed by atoms with Gasteiger partial charge in [-0.15, -0.1) is 0 Å². The lowest BCUT2D eigenvalue weighted by Crippen LogP contribution is -2.44. The molecule has 0 aliphatic carbocycles. The van der Waals surface area contributed by atoms with Crippen LogP contribution in [0, 0.1) is 11.3 Å². The maximum absolute atomic E-state index is 3.69. The zero-order chi connectivity index (χ0) is 15.7. The summed E-state index contributed by atoms with van der Waals surface area (Å²) >= 11 is 0. The third-order valence-electron chi connectivity index (χ3n) is 5.15. The van der Waals surface area contributed by atoms with Crippen LogP contribution in [-0.4, -0.2) is 62.7 Å². The predicted molar refractivity (Wildman–Crippen MR) is 93.9 cm³/mol. The third-order valence-corrected chi connectivity index (χ3v) is 5.15. The molecule has 21 heavy (non-hydrogen) atoms. The fourth-order valence-corrected chi connectivity index (χ4v) is 3.38. The highest BCUT2D eigenvalue weighted by atomic mass is 15.2. The van der Waals surface area contributed by atoms with E-state index in [2.05, 4.69) is 49.9 Å². The normalized spacial score (nSPS) is 17.3. The Balaban J connectivity index is 2.35. The topological polar surface area (TPSA) is 18.5 Å². The zero-order valence-electron chi connectivity index (χ0n) is 15.2. The van der Waals surface area contributed by atoms with Gasteiger partial charge in [0.25, 0.3) is 0 Å². The Morgan fingerprint density at radius 2 is 1.76 bits per heavy atom. The lowest BCUT2D eigenvalue weighted by atomic mass is 9.81. The van der Waals surface area contributed by atoms with E-state index >= 15 is 0 Å². The highest BCUT2D eigenvalue weighted by molar-refractivity contribution is 4.83. The molecule has 0 atom stereocenters. The van der Waals surface area contributed by atoms with Gasteiger partial charge in [-0.2, -0.15) is 0 Å². The SMILES string of the molecule is CCC(CC)(CNCC(C)C)CN(C)CCN1CCCC1. The van der Waals surface area contributed by atoms with Crippen molar-refractivity contribution in [3.05, 3.63) is 0 Å². The fourth-order valence-electron chi connectivity index (χ4n) is 3.38. The molecule has 3 heteroatoms. The van der Waals surface area contributed by atoms with E-state index in [1.807, 2.05) is 0 Å². The molecular formula is C18H39N3. The summed E-state index contributed by atoms with van der Waals surface area (Å²) in [6.45, 7) is 17.9. The molecule has 0 spiro atoms. The van der Waals surface area contributed by atoms with Crippen LogP contribution in [0.3, 0.4) is 0 Å². The maximum atomic E-state index is 3.69. The van der Waals surface area contributed by atoms with Crippen molar-refractivity contribution in [2.45, 2.75) is 53.4 Å². The van der Waals surface area contributed by atoms with E-state index in [9.17, 15) is 0 Å². The van der Waals surface area contributed by atoms with Crippen molar-refractivity contribution in [3.63, 3.8) is 0 Å². The number of nitrogens with zero attached hydrogens (tertiary/aromatic N) is 2. The van der Waals surface area contributed by atoms with Gasteiger partial charge in [-0.1, -0.05) is 27.7 Å². The van der Waals surface area contributed by atoms with Crippen LogP contribution in [-0.2, 0) is 0 Å². The summed E-state index contributed by atoms with van der Waals surface area (Å²) in [5, 5.41) is 3.69. The summed E-state index contributed by atoms with van der Waals surface area (Å²) in [7, 11) is 2.30. The van der Waals surface area contributed by atoms with Gasteiger partial charge < -0.3 is 15.1 Å². The molecule has 1 aliphatic heterocycles. The van der Waals surface area contributed by atoms with Crippen molar-refractivity contribution in [2.24, 2.45) is 11.3 Å². The minimum Gasteiger partial charge on any atom is -0.316 e. The molecule has 0 amide bonds. The largest absolute Gasteiger partial charge is 0.316 e. The molecule has 126 valence electrons. The van der Waals surface area contributed by atoms with Gasteiger partial charge in [-0.25, -0.2) is 0 Å². The molecule has 1 N–H and O–H groups in total. The van der Waals surface area contributed by atoms with Crippen LogP contribution < -0.4 is 5.32 Å². The van der Waals surface area contributed by atoms with Gasteiger partial charge >= 0.3 is 0 Å². The van der Waals surface area contributed by atoms with Gasteiger partial charge in [-0.3, -0.25) is 0 Å². The number of hydrogen-bond donors (Lipinski definition) is 1. The monoisotopic (exact) mass is 297 g/mol. The van der Waals surface area contributed by atoms with E-state index in [-0.39, 0.29) is 0 Å². The average molecular weight is 298 g/mol. The van der Waals surface area contributed by atoms with Crippen LogP contribution in [0.5, 0.6) is 0 Å². The molecule has 0 radical (unpaired) electrons. The minimum absolute atomic E-state index is 0.439. The third kappa shape index (κ3) is 7.12. The fraction of sp³-hybridized carbons (Fsp3) is 1.00. The van der Waals surface area contributed by atoms with E-state index in [4.69, 9.17) is 0 Å². The van der Waals surface area contributed by atoms with Crippen LogP contribution in [0.2, 0.25) is 0 Å². The molecule has 1 aliphatic rings. The van der Waals surface area contributed by atoms with Crippen molar-refractivity contribution in [3.8, 4) is 0 Å². The zero-order valence-corrected chi connectivity index (χ0v) is 15.2. The Hall–Kier alpha value is -0.120. The Labute approximate surface area is 133 Å². The number of rotatable bonds is 11. The smallest absolute Gasteiger partial charge is 0.0109 e. The second kappa shape index (κ2) is 9.81. The summed E-state index contributed by atoms with van der Waals surface area (Å²) in [6.07, 6.45) is 5.33. The predicted octanol–water partition coefficient (Wildman–Crippen LogP) is 3.07. The standard InChI is InChI=1S/C18H39N3/c1-6-18(7-2,15-19-14-17(3)4)16-20(5)12-13-21-10-8-9-11-21/h17,19H,6-16H2,1-5H3. The summed E-state index contributed by atoms with van der Waals surface area (Å²) in [5.41, 5.74) is 0.439. The molecule has 0 aromatic heterocycles. The van der Waals surface area contributed by atoms with Crippen molar-refractivity contribution in [1.29, 1.82) is 0 Å². The van der Waals surface area contributed by atoms with Gasteiger partial charge in [-0.05, 0) is 63.7 Å². The maximum Gasteiger partial charge on any atom is 0.0109 e. The number of nitrogens with one attached hydrogen (secondary N) is 1. The molecule has 0 aromatic rings. The summed E-state index contributed by atoms with van der Waals surface area (Å²) < 4.78 is 0. The van der Waals surface area contributed by atoms with E-state index in [1.165, 1.54) is 58.4 Å². The number of likely N-dealkylation sites (N-methyl/N-ethyl adjacent to an activating group) is 1. The molecule has 0 unspecified atom stereocenters. The van der Waals surface area contributed by atoms with Crippen LogP contribution in [0.1, 0.15) is 53.4 Å². The molecule has 0 aromatic carbocycles. The Kier molecular flexibility index (Phi) is 8.84. The molecular weight excluding hydrogens is 258 g/mol. The number of hydrogen-bond acceptors (Lipinski definition) is 3. The van der Waals surface area contributed by atoms with Crippen LogP contribution in [0.4, 0.5) is 0 Å². The highest BCUT2D eigenvalue weighted by Crippen LogP contribution is 2.26. The highest BCUT2D eigenvalue weighted by Gasteiger charge is 2.27. The average Bonchev–Trinajstić information content (AvgIpc) is 2.97. The van der Waals surface area contributed by atoms with Crippen molar-refractivity contribution in [1.82, 2.24) is 15.1 Å². The molecule has 1 saturated heterocycles. The van der Waals surface area contributed by atoms with Crippen molar-refractivity contribution >= 4 is 0 Å². The molecule has 1 heterocycles. The summed E-state index contributed by atoms with van der Waals surface area (Å²) in [6, 6.07) is 0. The van der Waals surface area contributed by atoms with Gasteiger partial charge in [0.1, 0.15) is 0 Å². The van der Waals surface area contributed by atoms with Crippen LogP contribution in [0.15, 0.2) is 0 Å². The first-order valence-electron chi connectivity index (χ1n) is 9.13. The van der Waals surface area contributed by atoms with E-state index in [1.54, 1.807) is 0 Å². The van der Waals surface area contributed by atoms with Gasteiger partial charge in [0, 0.05) is 26.2 Å². The summed E-state index contributed by atoms with van der Waals surface area (Å²) in [4.78, 5) is 5.18. The minimum atomic E-state index is 0.439. The van der Waals surface area contributed by atoms with Crippen LogP contribution >= 0.6 is 0 Å². The molecule has 1 rings (SSSR count). The van der Waals surface area contributed by atoms with Crippen LogP contribution in [0.25, 0.3) is 0 Å². The quantitative estimate of drug-likeness (QED) is 0.632. The van der Waals surface area contributed by atoms with Gasteiger partial charge in [0.15, 0.2) is 0 Å². The Morgan fingerprint density at radius 1 is 1.14 bits per heavy atom. The Morgan fingerprint density at radius 3 is 2.29 bits per heavy atom. The number of likely N-dealkylation sites (tertiary alicyclic amines) is 1. The molecule has 0 bridgehead atoms. The van der Waals surface area contributed by atoms with E-state index < -0.39 is 0 Å². The summed E-state index contributed by atoms with van der Waals surface area (Å²) in [5.74, 6) is 0.740. The van der Waals surface area contributed by atoms with E-state index in [0.717, 1.165) is 19.0 Å². The molecule has 1 fully saturated rings. The second-order valence-electron chi connectivity index (χ2n) is 7.52. The molecule has 3 nitrogen and oxygen atoms in total. The van der Waals surface area contributed by atoms with E-state index in [0.29, 0.717) is 5.41 Å². The first-order valence-corrected chi connectivity index (χ1v) is 9.13. The lowest BCUT2D eigenvalue weighted by Gasteiger charge is -2.37. The van der Waals surface area contributed by atoms with Crippen molar-refractivity contribution < 1.29 is 0 Å². The second-order valence-corrected chi connectivity index (χ2v) is 7.52. The Bertz CT molecular complexity index is 255. The first kappa shape index (κ1) is 18.9. The van der Waals surface area contributed by atoms with Crippen molar-refractivity contribution in [2.75, 3.05) is 52.9 Å². The lowest BCUT2D eigenvalue weighted by molar-refractivity contribution is 0.143. The molecule has 0 saturated carbocycles. The van der Waals surface area contributed by atoms with Gasteiger partial charge in [0.05, 0.1) is 0 Å². The van der Waals surface area contributed by atoms with Gasteiger partial charge in [0.2, 0.25) is 0 Å². The first-order chi connectivity index (χ1) is 10.0.